The van der Waals surface area contributed by atoms with Crippen molar-refractivity contribution in [3.8, 4) is 0 Å². The van der Waals surface area contributed by atoms with E-state index in [0.717, 1.165) is 18.9 Å². The summed E-state index contributed by atoms with van der Waals surface area (Å²) in [6, 6.07) is 13.9. The summed E-state index contributed by atoms with van der Waals surface area (Å²) in [6.07, 6.45) is 1.63. The van der Waals surface area contributed by atoms with E-state index in [1.165, 1.54) is 17.7 Å². The minimum absolute atomic E-state index is 0.207. The molecule has 0 heterocycles. The fourth-order valence-electron chi connectivity index (χ4n) is 2.08. The van der Waals surface area contributed by atoms with E-state index < -0.39 is 24.3 Å². The van der Waals surface area contributed by atoms with Crippen molar-refractivity contribution in [1.29, 1.82) is 0 Å². The number of halogens is 2. The van der Waals surface area contributed by atoms with Crippen molar-refractivity contribution in [3.63, 3.8) is 0 Å². The Morgan fingerprint density at radius 2 is 1.88 bits per heavy atom. The molecular formula is C18H17BrFNO3. The van der Waals surface area contributed by atoms with Gasteiger partial charge in [-0.1, -0.05) is 46.3 Å². The van der Waals surface area contributed by atoms with Crippen LogP contribution in [0.25, 0.3) is 0 Å². The smallest absolute Gasteiger partial charge is 0.341 e. The molecule has 0 saturated heterocycles. The zero-order valence-electron chi connectivity index (χ0n) is 12.9. The van der Waals surface area contributed by atoms with Crippen molar-refractivity contribution in [2.24, 2.45) is 0 Å². The van der Waals surface area contributed by atoms with Crippen LogP contribution in [0, 0.1) is 5.82 Å². The zero-order chi connectivity index (χ0) is 17.4. The summed E-state index contributed by atoms with van der Waals surface area (Å²) in [4.78, 5) is 23.4. The lowest BCUT2D eigenvalue weighted by Crippen LogP contribution is -2.30. The van der Waals surface area contributed by atoms with Gasteiger partial charge in [-0.15, -0.1) is 0 Å². The van der Waals surface area contributed by atoms with E-state index in [4.69, 9.17) is 4.74 Å². The molecule has 24 heavy (non-hydrogen) atoms. The highest BCUT2D eigenvalue weighted by Crippen LogP contribution is 2.16. The Hall–Kier alpha value is -2.21. The molecule has 0 radical (unpaired) electrons. The monoisotopic (exact) mass is 393 g/mol. The van der Waals surface area contributed by atoms with Crippen LogP contribution in [-0.4, -0.2) is 25.0 Å². The number of esters is 1. The quantitative estimate of drug-likeness (QED) is 0.578. The molecule has 2 aromatic rings. The Morgan fingerprint density at radius 3 is 2.62 bits per heavy atom. The molecule has 2 rings (SSSR count). The molecule has 1 N–H and O–H groups in total. The van der Waals surface area contributed by atoms with Gasteiger partial charge in [-0.25, -0.2) is 9.18 Å². The standard InChI is InChI=1S/C18H17BrFNO3/c19-14-8-9-16(20)15(11-14)18(23)24-12-17(22)21-10-4-7-13-5-2-1-3-6-13/h1-3,5-6,8-9,11H,4,7,10,12H2,(H,21,22). The molecule has 0 atom stereocenters. The van der Waals surface area contributed by atoms with Crippen LogP contribution < -0.4 is 5.32 Å². The maximum Gasteiger partial charge on any atom is 0.341 e. The Balaban J connectivity index is 1.69. The highest BCUT2D eigenvalue weighted by Gasteiger charge is 2.15. The first kappa shape index (κ1) is 18.1. The van der Waals surface area contributed by atoms with Crippen LogP contribution in [0.1, 0.15) is 22.3 Å². The van der Waals surface area contributed by atoms with Gasteiger partial charge in [-0.2, -0.15) is 0 Å². The maximum atomic E-state index is 13.5. The number of aryl methyl sites for hydroxylation is 1. The van der Waals surface area contributed by atoms with Crippen LogP contribution in [0.4, 0.5) is 4.39 Å². The molecule has 2 aromatic carbocycles. The minimum atomic E-state index is -0.867. The van der Waals surface area contributed by atoms with Crippen molar-refractivity contribution in [1.82, 2.24) is 5.32 Å². The minimum Gasteiger partial charge on any atom is -0.452 e. The van der Waals surface area contributed by atoms with Gasteiger partial charge in [0.05, 0.1) is 5.56 Å². The lowest BCUT2D eigenvalue weighted by Gasteiger charge is -2.07. The highest BCUT2D eigenvalue weighted by molar-refractivity contribution is 9.10. The average Bonchev–Trinajstić information content (AvgIpc) is 2.59. The third-order valence-electron chi connectivity index (χ3n) is 3.29. The molecule has 1 amide bonds. The molecule has 6 heteroatoms. The van der Waals surface area contributed by atoms with Crippen LogP contribution in [0.2, 0.25) is 0 Å². The number of ether oxygens (including phenoxy) is 1. The highest BCUT2D eigenvalue weighted by atomic mass is 79.9. The zero-order valence-corrected chi connectivity index (χ0v) is 14.5. The lowest BCUT2D eigenvalue weighted by atomic mass is 10.1. The van der Waals surface area contributed by atoms with E-state index >= 15 is 0 Å². The summed E-state index contributed by atoms with van der Waals surface area (Å²) >= 11 is 3.15. The third-order valence-corrected chi connectivity index (χ3v) is 3.78. The van der Waals surface area contributed by atoms with Gasteiger partial charge in [-0.05, 0) is 36.6 Å². The number of hydrogen-bond acceptors (Lipinski definition) is 3. The second-order valence-corrected chi connectivity index (χ2v) is 6.06. The van der Waals surface area contributed by atoms with Gasteiger partial charge in [0.15, 0.2) is 6.61 Å². The first-order valence-electron chi connectivity index (χ1n) is 7.49. The summed E-state index contributed by atoms with van der Waals surface area (Å²) in [5.74, 6) is -1.97. The van der Waals surface area contributed by atoms with E-state index in [-0.39, 0.29) is 5.56 Å². The SMILES string of the molecule is O=C(COC(=O)c1cc(Br)ccc1F)NCCCc1ccccc1. The Bertz CT molecular complexity index is 707. The maximum absolute atomic E-state index is 13.5. The molecule has 0 aliphatic carbocycles. The lowest BCUT2D eigenvalue weighted by molar-refractivity contribution is -0.124. The first-order valence-corrected chi connectivity index (χ1v) is 8.28. The normalized spacial score (nSPS) is 10.2. The van der Waals surface area contributed by atoms with Gasteiger partial charge in [0.2, 0.25) is 0 Å². The first-order chi connectivity index (χ1) is 11.6. The number of hydrogen-bond donors (Lipinski definition) is 1. The number of benzene rings is 2. The molecule has 0 saturated carbocycles. The van der Waals surface area contributed by atoms with Gasteiger partial charge in [-0.3, -0.25) is 4.79 Å². The number of carbonyl (C=O) groups excluding carboxylic acids is 2. The fraction of sp³-hybridized carbons (Fsp3) is 0.222. The Morgan fingerprint density at radius 1 is 1.12 bits per heavy atom. The molecule has 0 spiro atoms. The Kier molecular flexibility index (Phi) is 6.93. The summed E-state index contributed by atoms with van der Waals surface area (Å²) in [5, 5.41) is 2.67. The van der Waals surface area contributed by atoms with Gasteiger partial charge in [0.1, 0.15) is 5.82 Å². The van der Waals surface area contributed by atoms with Crippen LogP contribution in [-0.2, 0) is 16.0 Å². The molecule has 126 valence electrons. The molecule has 0 aliphatic rings. The predicted molar refractivity (Wildman–Crippen MR) is 92.2 cm³/mol. The number of amides is 1. The number of nitrogens with one attached hydrogen (secondary N) is 1. The van der Waals surface area contributed by atoms with Crippen molar-refractivity contribution >= 4 is 27.8 Å². The molecule has 0 fully saturated rings. The van der Waals surface area contributed by atoms with Crippen LogP contribution in [0.15, 0.2) is 53.0 Å². The predicted octanol–water partition coefficient (Wildman–Crippen LogP) is 3.49. The molecule has 0 bridgehead atoms. The molecule has 0 aromatic heterocycles. The molecule has 0 unspecified atom stereocenters. The fourth-order valence-corrected chi connectivity index (χ4v) is 2.44. The van der Waals surface area contributed by atoms with Gasteiger partial charge < -0.3 is 10.1 Å². The largest absolute Gasteiger partial charge is 0.452 e. The second kappa shape index (κ2) is 9.17. The third kappa shape index (κ3) is 5.77. The van der Waals surface area contributed by atoms with Crippen molar-refractivity contribution in [2.45, 2.75) is 12.8 Å². The van der Waals surface area contributed by atoms with Crippen LogP contribution in [0.3, 0.4) is 0 Å². The van der Waals surface area contributed by atoms with E-state index in [1.807, 2.05) is 30.3 Å². The molecular weight excluding hydrogens is 377 g/mol. The van der Waals surface area contributed by atoms with E-state index in [0.29, 0.717) is 11.0 Å². The number of rotatable bonds is 7. The van der Waals surface area contributed by atoms with Gasteiger partial charge in [0, 0.05) is 11.0 Å². The van der Waals surface area contributed by atoms with Crippen molar-refractivity contribution in [2.75, 3.05) is 13.2 Å². The average molecular weight is 394 g/mol. The summed E-state index contributed by atoms with van der Waals surface area (Å²) in [5.41, 5.74) is 0.990. The topological polar surface area (TPSA) is 55.4 Å². The molecule has 0 aliphatic heterocycles. The van der Waals surface area contributed by atoms with Crippen LogP contribution in [0.5, 0.6) is 0 Å². The van der Waals surface area contributed by atoms with Crippen LogP contribution >= 0.6 is 15.9 Å². The summed E-state index contributed by atoms with van der Waals surface area (Å²) < 4.78 is 18.9. The Labute approximate surface area is 148 Å². The summed E-state index contributed by atoms with van der Waals surface area (Å²) in [7, 11) is 0. The van der Waals surface area contributed by atoms with Gasteiger partial charge >= 0.3 is 5.97 Å². The molecule has 4 nitrogen and oxygen atoms in total. The summed E-state index contributed by atoms with van der Waals surface area (Å²) in [6.45, 7) is 0.0483. The van der Waals surface area contributed by atoms with E-state index in [9.17, 15) is 14.0 Å². The van der Waals surface area contributed by atoms with E-state index in [1.54, 1.807) is 0 Å². The number of carbonyl (C=O) groups is 2. The van der Waals surface area contributed by atoms with Crippen molar-refractivity contribution < 1.29 is 18.7 Å². The second-order valence-electron chi connectivity index (χ2n) is 5.14. The van der Waals surface area contributed by atoms with E-state index in [2.05, 4.69) is 21.2 Å². The van der Waals surface area contributed by atoms with Gasteiger partial charge in [0.25, 0.3) is 5.91 Å². The van der Waals surface area contributed by atoms with Crippen molar-refractivity contribution in [3.05, 3.63) is 69.9 Å².